The number of aromatic nitrogens is 2. The smallest absolute Gasteiger partial charge is 0.343 e. The Morgan fingerprint density at radius 3 is 2.59 bits per heavy atom. The Labute approximate surface area is 158 Å². The highest BCUT2D eigenvalue weighted by atomic mass is 16.5. The van der Waals surface area contributed by atoms with Crippen LogP contribution in [0.15, 0.2) is 30.5 Å². The average Bonchev–Trinajstić information content (AvgIpc) is 3.32. The second-order valence-electron chi connectivity index (χ2n) is 6.43. The summed E-state index contributed by atoms with van der Waals surface area (Å²) in [5.74, 6) is -0.409. The first-order valence-corrected chi connectivity index (χ1v) is 9.21. The topological polar surface area (TPSA) is 102 Å². The number of benzene rings is 1. The van der Waals surface area contributed by atoms with E-state index >= 15 is 0 Å². The van der Waals surface area contributed by atoms with Crippen molar-refractivity contribution in [3.8, 4) is 5.69 Å². The monoisotopic (exact) mass is 371 g/mol. The SMILES string of the molecule is CCOC(=O)c1cnn(-c2ccc(C(=O)NCCN3CCCC3)cc2)c1N. The lowest BCUT2D eigenvalue weighted by atomic mass is 10.2. The molecule has 0 saturated carbocycles. The summed E-state index contributed by atoms with van der Waals surface area (Å²) in [5, 5.41) is 7.08. The van der Waals surface area contributed by atoms with Crippen LogP contribution in [0.3, 0.4) is 0 Å². The summed E-state index contributed by atoms with van der Waals surface area (Å²) in [5.41, 5.74) is 7.46. The highest BCUT2D eigenvalue weighted by Gasteiger charge is 2.17. The maximum atomic E-state index is 12.3. The number of carbonyl (C=O) groups is 2. The summed E-state index contributed by atoms with van der Waals surface area (Å²) >= 11 is 0. The van der Waals surface area contributed by atoms with Crippen molar-refractivity contribution in [2.75, 3.05) is 38.5 Å². The van der Waals surface area contributed by atoms with Gasteiger partial charge < -0.3 is 20.7 Å². The van der Waals surface area contributed by atoms with E-state index in [4.69, 9.17) is 10.5 Å². The molecule has 3 rings (SSSR count). The van der Waals surface area contributed by atoms with Crippen molar-refractivity contribution < 1.29 is 14.3 Å². The number of esters is 1. The molecule has 0 unspecified atom stereocenters. The van der Waals surface area contributed by atoms with Gasteiger partial charge in [0.15, 0.2) is 0 Å². The molecule has 0 radical (unpaired) electrons. The van der Waals surface area contributed by atoms with Crippen LogP contribution in [-0.4, -0.2) is 59.3 Å². The number of hydrogen-bond donors (Lipinski definition) is 2. The predicted molar refractivity (Wildman–Crippen MR) is 102 cm³/mol. The molecule has 8 heteroatoms. The Morgan fingerprint density at radius 1 is 1.22 bits per heavy atom. The van der Waals surface area contributed by atoms with Crippen molar-refractivity contribution in [1.82, 2.24) is 20.0 Å². The number of ether oxygens (including phenoxy) is 1. The molecule has 3 N–H and O–H groups in total. The first-order chi connectivity index (χ1) is 13.1. The molecular weight excluding hydrogens is 346 g/mol. The van der Waals surface area contributed by atoms with E-state index in [0.717, 1.165) is 19.6 Å². The van der Waals surface area contributed by atoms with Crippen LogP contribution in [0.1, 0.15) is 40.5 Å². The number of anilines is 1. The summed E-state index contributed by atoms with van der Waals surface area (Å²) in [6, 6.07) is 6.92. The van der Waals surface area contributed by atoms with E-state index < -0.39 is 5.97 Å². The Kier molecular flexibility index (Phi) is 6.08. The molecule has 1 aliphatic heterocycles. The highest BCUT2D eigenvalue weighted by molar-refractivity contribution is 5.95. The highest BCUT2D eigenvalue weighted by Crippen LogP contribution is 2.18. The minimum Gasteiger partial charge on any atom is -0.462 e. The first-order valence-electron chi connectivity index (χ1n) is 9.21. The quantitative estimate of drug-likeness (QED) is 0.715. The molecule has 2 aromatic rings. The van der Waals surface area contributed by atoms with Crippen molar-refractivity contribution in [2.24, 2.45) is 0 Å². The van der Waals surface area contributed by atoms with Gasteiger partial charge in [-0.25, -0.2) is 9.48 Å². The fraction of sp³-hybridized carbons (Fsp3) is 0.421. The zero-order valence-corrected chi connectivity index (χ0v) is 15.5. The second-order valence-corrected chi connectivity index (χ2v) is 6.43. The van der Waals surface area contributed by atoms with E-state index in [1.807, 2.05) is 0 Å². The van der Waals surface area contributed by atoms with Crippen molar-refractivity contribution >= 4 is 17.7 Å². The number of hydrogen-bond acceptors (Lipinski definition) is 6. The lowest BCUT2D eigenvalue weighted by Gasteiger charge is -2.14. The van der Waals surface area contributed by atoms with Crippen LogP contribution >= 0.6 is 0 Å². The van der Waals surface area contributed by atoms with E-state index in [2.05, 4.69) is 15.3 Å². The average molecular weight is 371 g/mol. The molecule has 0 bridgehead atoms. The van der Waals surface area contributed by atoms with Crippen LogP contribution in [0, 0.1) is 0 Å². The van der Waals surface area contributed by atoms with Crippen molar-refractivity contribution in [3.05, 3.63) is 41.6 Å². The minimum absolute atomic E-state index is 0.110. The van der Waals surface area contributed by atoms with Crippen LogP contribution in [-0.2, 0) is 4.74 Å². The van der Waals surface area contributed by atoms with Gasteiger partial charge in [-0.3, -0.25) is 4.79 Å². The van der Waals surface area contributed by atoms with Gasteiger partial charge in [0, 0.05) is 18.7 Å². The van der Waals surface area contributed by atoms with Crippen molar-refractivity contribution in [1.29, 1.82) is 0 Å². The largest absolute Gasteiger partial charge is 0.462 e. The fourth-order valence-corrected chi connectivity index (χ4v) is 3.12. The standard InChI is InChI=1S/C19H25N5O3/c1-2-27-19(26)16-13-22-24(17(16)20)15-7-5-14(6-8-15)18(25)21-9-12-23-10-3-4-11-23/h5-8,13H,2-4,9-12,20H2,1H3,(H,21,25). The summed E-state index contributed by atoms with van der Waals surface area (Å²) in [7, 11) is 0. The van der Waals surface area contributed by atoms with Gasteiger partial charge in [-0.05, 0) is 57.1 Å². The molecule has 1 aliphatic rings. The molecular formula is C19H25N5O3. The lowest BCUT2D eigenvalue weighted by molar-refractivity contribution is 0.0527. The third kappa shape index (κ3) is 4.46. The van der Waals surface area contributed by atoms with E-state index in [1.54, 1.807) is 31.2 Å². The van der Waals surface area contributed by atoms with Crippen LogP contribution in [0.4, 0.5) is 5.82 Å². The van der Waals surface area contributed by atoms with Crippen molar-refractivity contribution in [2.45, 2.75) is 19.8 Å². The molecule has 144 valence electrons. The zero-order valence-electron chi connectivity index (χ0n) is 15.5. The maximum absolute atomic E-state index is 12.3. The molecule has 1 aromatic carbocycles. The van der Waals surface area contributed by atoms with Gasteiger partial charge in [0.25, 0.3) is 5.91 Å². The minimum atomic E-state index is -0.504. The predicted octanol–water partition coefficient (Wildman–Crippen LogP) is 1.46. The molecule has 1 amide bonds. The van der Waals surface area contributed by atoms with Crippen LogP contribution in [0.25, 0.3) is 5.69 Å². The molecule has 8 nitrogen and oxygen atoms in total. The van der Waals surface area contributed by atoms with Gasteiger partial charge >= 0.3 is 5.97 Å². The third-order valence-electron chi connectivity index (χ3n) is 4.59. The lowest BCUT2D eigenvalue weighted by Crippen LogP contribution is -2.33. The molecule has 1 aromatic heterocycles. The molecule has 0 atom stereocenters. The van der Waals surface area contributed by atoms with Crippen molar-refractivity contribution in [3.63, 3.8) is 0 Å². The van der Waals surface area contributed by atoms with E-state index in [9.17, 15) is 9.59 Å². The molecule has 0 aliphatic carbocycles. The number of amides is 1. The van der Waals surface area contributed by atoms with E-state index in [0.29, 0.717) is 17.8 Å². The number of nitrogens with two attached hydrogens (primary N) is 1. The summed E-state index contributed by atoms with van der Waals surface area (Å²) in [6.45, 7) is 5.74. The van der Waals surface area contributed by atoms with Gasteiger partial charge in [-0.2, -0.15) is 5.10 Å². The molecule has 1 fully saturated rings. The van der Waals surface area contributed by atoms with Gasteiger partial charge in [-0.1, -0.05) is 0 Å². The second kappa shape index (κ2) is 8.68. The maximum Gasteiger partial charge on any atom is 0.343 e. The normalized spacial score (nSPS) is 14.3. The van der Waals surface area contributed by atoms with Gasteiger partial charge in [-0.15, -0.1) is 0 Å². The van der Waals surface area contributed by atoms with Gasteiger partial charge in [0.1, 0.15) is 11.4 Å². The molecule has 1 saturated heterocycles. The van der Waals surface area contributed by atoms with Crippen LogP contribution in [0.2, 0.25) is 0 Å². The number of nitrogens with one attached hydrogen (secondary N) is 1. The first kappa shape index (κ1) is 18.9. The Bertz CT molecular complexity index is 794. The number of carbonyl (C=O) groups excluding carboxylic acids is 2. The number of rotatable bonds is 7. The number of likely N-dealkylation sites (tertiary alicyclic amines) is 1. The van der Waals surface area contributed by atoms with E-state index in [1.165, 1.54) is 23.7 Å². The van der Waals surface area contributed by atoms with Crippen LogP contribution in [0.5, 0.6) is 0 Å². The Balaban J connectivity index is 1.61. The van der Waals surface area contributed by atoms with Gasteiger partial charge in [0.05, 0.1) is 18.5 Å². The fourth-order valence-electron chi connectivity index (χ4n) is 3.12. The van der Waals surface area contributed by atoms with Crippen LogP contribution < -0.4 is 11.1 Å². The third-order valence-corrected chi connectivity index (χ3v) is 4.59. The summed E-state index contributed by atoms with van der Waals surface area (Å²) in [4.78, 5) is 26.5. The Hall–Kier alpha value is -2.87. The zero-order chi connectivity index (χ0) is 19.2. The van der Waals surface area contributed by atoms with E-state index in [-0.39, 0.29) is 23.9 Å². The molecule has 2 heterocycles. The summed E-state index contributed by atoms with van der Waals surface area (Å²) in [6.07, 6.45) is 3.86. The molecule has 27 heavy (non-hydrogen) atoms. The Morgan fingerprint density at radius 2 is 1.93 bits per heavy atom. The number of nitrogen functional groups attached to an aromatic ring is 1. The van der Waals surface area contributed by atoms with Gasteiger partial charge in [0.2, 0.25) is 0 Å². The summed E-state index contributed by atoms with van der Waals surface area (Å²) < 4.78 is 6.40. The number of nitrogens with zero attached hydrogens (tertiary/aromatic N) is 3. The molecule has 0 spiro atoms.